The van der Waals surface area contributed by atoms with Gasteiger partial charge < -0.3 is 10.6 Å². The number of hydrogen-bond acceptors (Lipinski definition) is 2. The Labute approximate surface area is 130 Å². The van der Waals surface area contributed by atoms with Crippen molar-refractivity contribution in [1.82, 2.24) is 4.90 Å². The predicted molar refractivity (Wildman–Crippen MR) is 91.3 cm³/mol. The van der Waals surface area contributed by atoms with E-state index in [1.165, 1.54) is 44.1 Å². The number of benzene rings is 1. The van der Waals surface area contributed by atoms with Crippen molar-refractivity contribution < 1.29 is 0 Å². The van der Waals surface area contributed by atoms with E-state index in [-0.39, 0.29) is 11.5 Å². The van der Waals surface area contributed by atoms with E-state index in [1.54, 1.807) is 0 Å². The van der Waals surface area contributed by atoms with Crippen LogP contribution in [0.3, 0.4) is 0 Å². The van der Waals surface area contributed by atoms with Gasteiger partial charge in [-0.1, -0.05) is 69.9 Å². The van der Waals surface area contributed by atoms with Crippen LogP contribution in [-0.2, 0) is 0 Å². The lowest BCUT2D eigenvalue weighted by Crippen LogP contribution is -2.43. The predicted octanol–water partition coefficient (Wildman–Crippen LogP) is 4.37. The van der Waals surface area contributed by atoms with E-state index < -0.39 is 0 Å². The standard InChI is InChI=1S/C19H32N2/c1-19(2,18(20)16-11-7-6-8-12-16)15-21(3)17-13-9-4-5-10-14-17/h6-8,11-12,17-18H,4-5,9-10,13-15,20H2,1-3H3. The van der Waals surface area contributed by atoms with Crippen LogP contribution in [0.15, 0.2) is 30.3 Å². The Balaban J connectivity index is 1.98. The molecule has 0 spiro atoms. The quantitative estimate of drug-likeness (QED) is 0.815. The van der Waals surface area contributed by atoms with Gasteiger partial charge in [-0.2, -0.15) is 0 Å². The van der Waals surface area contributed by atoms with Gasteiger partial charge in [0.15, 0.2) is 0 Å². The second-order valence-corrected chi connectivity index (χ2v) is 7.44. The second kappa shape index (κ2) is 7.42. The number of hydrogen-bond donors (Lipinski definition) is 1. The van der Waals surface area contributed by atoms with E-state index in [9.17, 15) is 0 Å². The molecule has 21 heavy (non-hydrogen) atoms. The normalized spacial score (nSPS) is 19.5. The third-order valence-corrected chi connectivity index (χ3v) is 5.11. The third-order valence-electron chi connectivity index (χ3n) is 5.11. The molecule has 118 valence electrons. The molecule has 1 fully saturated rings. The van der Waals surface area contributed by atoms with E-state index in [2.05, 4.69) is 56.1 Å². The molecule has 1 unspecified atom stereocenters. The maximum Gasteiger partial charge on any atom is 0.0359 e. The molecule has 1 aromatic rings. The van der Waals surface area contributed by atoms with Gasteiger partial charge in [-0.3, -0.25) is 0 Å². The minimum Gasteiger partial charge on any atom is -0.323 e. The fourth-order valence-corrected chi connectivity index (χ4v) is 3.68. The zero-order valence-corrected chi connectivity index (χ0v) is 14.0. The average Bonchev–Trinajstić information content (AvgIpc) is 2.76. The first-order chi connectivity index (χ1) is 10.0. The molecule has 2 rings (SSSR count). The van der Waals surface area contributed by atoms with Crippen LogP contribution in [0.2, 0.25) is 0 Å². The van der Waals surface area contributed by atoms with Gasteiger partial charge in [0, 0.05) is 18.6 Å². The SMILES string of the molecule is CN(CC(C)(C)C(N)c1ccccc1)C1CCCCCC1. The fourth-order valence-electron chi connectivity index (χ4n) is 3.68. The number of rotatable bonds is 5. The van der Waals surface area contributed by atoms with Crippen LogP contribution in [0.1, 0.15) is 64.0 Å². The molecule has 0 saturated heterocycles. The summed E-state index contributed by atoms with van der Waals surface area (Å²) in [5, 5.41) is 0. The summed E-state index contributed by atoms with van der Waals surface area (Å²) in [5.74, 6) is 0. The molecule has 0 amide bonds. The summed E-state index contributed by atoms with van der Waals surface area (Å²) in [4.78, 5) is 2.56. The van der Waals surface area contributed by atoms with Gasteiger partial charge in [0.25, 0.3) is 0 Å². The van der Waals surface area contributed by atoms with Crippen LogP contribution in [0.4, 0.5) is 0 Å². The molecule has 0 heterocycles. The summed E-state index contributed by atoms with van der Waals surface area (Å²) < 4.78 is 0. The van der Waals surface area contributed by atoms with Gasteiger partial charge in [-0.25, -0.2) is 0 Å². The first-order valence-corrected chi connectivity index (χ1v) is 8.51. The topological polar surface area (TPSA) is 29.3 Å². The lowest BCUT2D eigenvalue weighted by atomic mass is 9.80. The second-order valence-electron chi connectivity index (χ2n) is 7.44. The van der Waals surface area contributed by atoms with Gasteiger partial charge in [-0.05, 0) is 30.9 Å². The lowest BCUT2D eigenvalue weighted by molar-refractivity contribution is 0.128. The lowest BCUT2D eigenvalue weighted by Gasteiger charge is -2.39. The van der Waals surface area contributed by atoms with Gasteiger partial charge >= 0.3 is 0 Å². The molecule has 0 bridgehead atoms. The van der Waals surface area contributed by atoms with Crippen molar-refractivity contribution in [2.45, 2.75) is 64.5 Å². The highest BCUT2D eigenvalue weighted by atomic mass is 15.1. The van der Waals surface area contributed by atoms with E-state index in [4.69, 9.17) is 5.73 Å². The Hall–Kier alpha value is -0.860. The van der Waals surface area contributed by atoms with Crippen LogP contribution in [0, 0.1) is 5.41 Å². The van der Waals surface area contributed by atoms with Crippen LogP contribution >= 0.6 is 0 Å². The highest BCUT2D eigenvalue weighted by Crippen LogP contribution is 2.33. The largest absolute Gasteiger partial charge is 0.323 e. The van der Waals surface area contributed by atoms with Crippen molar-refractivity contribution in [3.05, 3.63) is 35.9 Å². The Morgan fingerprint density at radius 1 is 1.10 bits per heavy atom. The molecule has 1 aliphatic rings. The molecule has 0 aromatic heterocycles. The molecule has 1 aliphatic carbocycles. The monoisotopic (exact) mass is 288 g/mol. The smallest absolute Gasteiger partial charge is 0.0359 e. The Kier molecular flexibility index (Phi) is 5.83. The van der Waals surface area contributed by atoms with E-state index >= 15 is 0 Å². The van der Waals surface area contributed by atoms with E-state index in [0.29, 0.717) is 0 Å². The molecule has 1 atom stereocenters. The Bertz CT molecular complexity index is 405. The summed E-state index contributed by atoms with van der Waals surface area (Å²) in [6.45, 7) is 5.67. The molecular weight excluding hydrogens is 256 g/mol. The van der Waals surface area contributed by atoms with Crippen LogP contribution < -0.4 is 5.73 Å². The molecule has 2 heteroatoms. The van der Waals surface area contributed by atoms with Crippen molar-refractivity contribution in [3.8, 4) is 0 Å². The molecule has 1 aromatic carbocycles. The number of nitrogens with zero attached hydrogens (tertiary/aromatic N) is 1. The first-order valence-electron chi connectivity index (χ1n) is 8.51. The Morgan fingerprint density at radius 2 is 1.67 bits per heavy atom. The first kappa shape index (κ1) is 16.5. The van der Waals surface area contributed by atoms with Crippen molar-refractivity contribution in [3.63, 3.8) is 0 Å². The van der Waals surface area contributed by atoms with E-state index in [1.807, 2.05) is 0 Å². The van der Waals surface area contributed by atoms with Gasteiger partial charge in [0.1, 0.15) is 0 Å². The summed E-state index contributed by atoms with van der Waals surface area (Å²) >= 11 is 0. The van der Waals surface area contributed by atoms with Gasteiger partial charge in [0.2, 0.25) is 0 Å². The number of nitrogens with two attached hydrogens (primary N) is 1. The van der Waals surface area contributed by atoms with Crippen LogP contribution in [0.5, 0.6) is 0 Å². The minimum absolute atomic E-state index is 0.0857. The van der Waals surface area contributed by atoms with Crippen molar-refractivity contribution in [1.29, 1.82) is 0 Å². The highest BCUT2D eigenvalue weighted by molar-refractivity contribution is 5.20. The highest BCUT2D eigenvalue weighted by Gasteiger charge is 2.31. The zero-order valence-electron chi connectivity index (χ0n) is 14.0. The molecule has 1 saturated carbocycles. The Morgan fingerprint density at radius 3 is 2.24 bits per heavy atom. The maximum atomic E-state index is 6.55. The van der Waals surface area contributed by atoms with Crippen molar-refractivity contribution >= 4 is 0 Å². The van der Waals surface area contributed by atoms with Crippen molar-refractivity contribution in [2.75, 3.05) is 13.6 Å². The summed E-state index contributed by atoms with van der Waals surface area (Å²) in [6, 6.07) is 11.4. The minimum atomic E-state index is 0.0857. The van der Waals surface area contributed by atoms with Gasteiger partial charge in [0.05, 0.1) is 0 Å². The summed E-state index contributed by atoms with van der Waals surface area (Å²) in [6.07, 6.45) is 8.31. The average molecular weight is 288 g/mol. The van der Waals surface area contributed by atoms with Gasteiger partial charge in [-0.15, -0.1) is 0 Å². The molecule has 2 nitrogen and oxygen atoms in total. The zero-order chi connectivity index (χ0) is 15.3. The van der Waals surface area contributed by atoms with Crippen molar-refractivity contribution in [2.24, 2.45) is 11.1 Å². The summed E-state index contributed by atoms with van der Waals surface area (Å²) in [5.41, 5.74) is 7.89. The fraction of sp³-hybridized carbons (Fsp3) is 0.684. The molecule has 2 N–H and O–H groups in total. The molecular formula is C19H32N2. The molecule has 0 aliphatic heterocycles. The van der Waals surface area contributed by atoms with Crippen LogP contribution in [0.25, 0.3) is 0 Å². The van der Waals surface area contributed by atoms with Crippen LogP contribution in [-0.4, -0.2) is 24.5 Å². The summed E-state index contributed by atoms with van der Waals surface area (Å²) in [7, 11) is 2.29. The molecule has 0 radical (unpaired) electrons. The van der Waals surface area contributed by atoms with E-state index in [0.717, 1.165) is 12.6 Å². The maximum absolute atomic E-state index is 6.55. The third kappa shape index (κ3) is 4.55.